The van der Waals surface area contributed by atoms with Gasteiger partial charge in [-0.2, -0.15) is 0 Å². The summed E-state index contributed by atoms with van der Waals surface area (Å²) in [5.74, 6) is 0.753. The fourth-order valence-electron chi connectivity index (χ4n) is 4.50. The summed E-state index contributed by atoms with van der Waals surface area (Å²) in [5.41, 5.74) is 3.29. The molecule has 2 aromatic heterocycles. The first kappa shape index (κ1) is 23.8. The number of halogens is 1. The van der Waals surface area contributed by atoms with Gasteiger partial charge in [0.1, 0.15) is 12.4 Å². The predicted molar refractivity (Wildman–Crippen MR) is 138 cm³/mol. The van der Waals surface area contributed by atoms with Gasteiger partial charge in [0, 0.05) is 53.7 Å². The van der Waals surface area contributed by atoms with Crippen LogP contribution in [0.1, 0.15) is 28.8 Å². The van der Waals surface area contributed by atoms with E-state index in [9.17, 15) is 15.2 Å². The van der Waals surface area contributed by atoms with Gasteiger partial charge in [0.05, 0.1) is 21.9 Å². The first-order valence-corrected chi connectivity index (χ1v) is 12.8. The molecular weight excluding hydrogens is 486 g/mol. The maximum Gasteiger partial charge on any atom is 0.269 e. The van der Waals surface area contributed by atoms with E-state index in [0.29, 0.717) is 6.61 Å². The number of aromatic nitrogens is 1. The van der Waals surface area contributed by atoms with Crippen molar-refractivity contribution in [3.8, 4) is 5.75 Å². The van der Waals surface area contributed by atoms with Crippen molar-refractivity contribution in [2.24, 2.45) is 0 Å². The molecule has 1 saturated heterocycles. The highest BCUT2D eigenvalue weighted by atomic mass is 35.5. The van der Waals surface area contributed by atoms with E-state index in [1.54, 1.807) is 23.5 Å². The van der Waals surface area contributed by atoms with E-state index in [2.05, 4.69) is 33.9 Å². The molecule has 0 saturated carbocycles. The van der Waals surface area contributed by atoms with E-state index in [0.717, 1.165) is 65.6 Å². The van der Waals surface area contributed by atoms with Crippen LogP contribution in [0, 0.1) is 10.1 Å². The number of nitro benzene ring substituents is 1. The number of benzene rings is 2. The number of fused-ring (bicyclic) bond motifs is 1. The molecule has 1 N–H and O–H groups in total. The number of thiophene rings is 1. The van der Waals surface area contributed by atoms with Gasteiger partial charge in [-0.15, -0.1) is 11.3 Å². The molecular formula is C26H26ClN3O4S. The highest BCUT2D eigenvalue weighted by molar-refractivity contribution is 7.16. The molecule has 0 atom stereocenters. The minimum absolute atomic E-state index is 0.0680. The summed E-state index contributed by atoms with van der Waals surface area (Å²) in [6, 6.07) is 16.5. The van der Waals surface area contributed by atoms with Gasteiger partial charge in [-0.25, -0.2) is 0 Å². The lowest BCUT2D eigenvalue weighted by atomic mass is 10.1. The zero-order valence-electron chi connectivity index (χ0n) is 19.1. The minimum Gasteiger partial charge on any atom is -0.489 e. The van der Waals surface area contributed by atoms with Gasteiger partial charge in [0.15, 0.2) is 0 Å². The van der Waals surface area contributed by atoms with Crippen molar-refractivity contribution in [1.29, 1.82) is 0 Å². The van der Waals surface area contributed by atoms with Crippen LogP contribution in [0.15, 0.2) is 60.8 Å². The van der Waals surface area contributed by atoms with Crippen LogP contribution in [0.5, 0.6) is 5.75 Å². The zero-order valence-corrected chi connectivity index (χ0v) is 20.7. The first-order valence-electron chi connectivity index (χ1n) is 11.6. The maximum atomic E-state index is 10.9. The van der Waals surface area contributed by atoms with Crippen LogP contribution in [0.4, 0.5) is 5.69 Å². The fraction of sp³-hybridized carbons (Fsp3) is 0.308. The van der Waals surface area contributed by atoms with Crippen LogP contribution < -0.4 is 4.74 Å². The van der Waals surface area contributed by atoms with Gasteiger partial charge in [-0.3, -0.25) is 15.0 Å². The van der Waals surface area contributed by atoms with Crippen molar-refractivity contribution >= 4 is 39.5 Å². The Morgan fingerprint density at radius 3 is 2.54 bits per heavy atom. The number of aliphatic hydroxyl groups is 1. The average Bonchev–Trinajstić information content (AvgIpc) is 3.42. The van der Waals surface area contributed by atoms with Crippen molar-refractivity contribution in [2.45, 2.75) is 38.6 Å². The standard InChI is InChI=1S/C26H26ClN3O4S/c27-26-8-6-23(35-26)16-29-15-19(14-28-11-9-21(31)10-12-28)24-13-22(5-7-25(24)29)34-17-18-1-3-20(4-2-18)30(32)33/h1-8,13,15,21,31H,9-12,14,16-17H2. The summed E-state index contributed by atoms with van der Waals surface area (Å²) in [4.78, 5) is 14.1. The SMILES string of the molecule is O=[N+]([O-])c1ccc(COc2ccc3c(c2)c(CN2CCC(O)CC2)cn3Cc2ccc(Cl)s2)cc1. The summed E-state index contributed by atoms with van der Waals surface area (Å²) in [5, 5.41) is 21.9. The molecule has 9 heteroatoms. The Morgan fingerprint density at radius 1 is 1.09 bits per heavy atom. The molecule has 1 aliphatic rings. The summed E-state index contributed by atoms with van der Waals surface area (Å²) >= 11 is 7.74. The molecule has 0 amide bonds. The number of hydrogen-bond donors (Lipinski definition) is 1. The molecule has 0 spiro atoms. The van der Waals surface area contributed by atoms with Gasteiger partial charge in [0.2, 0.25) is 0 Å². The topological polar surface area (TPSA) is 80.8 Å². The number of piperidine rings is 1. The number of non-ortho nitro benzene ring substituents is 1. The van der Waals surface area contributed by atoms with Gasteiger partial charge >= 0.3 is 0 Å². The van der Waals surface area contributed by atoms with Crippen molar-refractivity contribution in [3.63, 3.8) is 0 Å². The lowest BCUT2D eigenvalue weighted by Gasteiger charge is -2.29. The number of nitro groups is 1. The number of ether oxygens (including phenoxy) is 1. The lowest BCUT2D eigenvalue weighted by molar-refractivity contribution is -0.384. The molecule has 1 fully saturated rings. The number of hydrogen-bond acceptors (Lipinski definition) is 6. The van der Waals surface area contributed by atoms with E-state index in [4.69, 9.17) is 16.3 Å². The third-order valence-corrected chi connectivity index (χ3v) is 7.61. The monoisotopic (exact) mass is 511 g/mol. The van der Waals surface area contributed by atoms with Gasteiger partial charge in [0.25, 0.3) is 5.69 Å². The van der Waals surface area contributed by atoms with Crippen LogP contribution in [0.2, 0.25) is 4.34 Å². The largest absolute Gasteiger partial charge is 0.489 e. The molecule has 0 unspecified atom stereocenters. The highest BCUT2D eigenvalue weighted by Crippen LogP contribution is 2.30. The fourth-order valence-corrected chi connectivity index (χ4v) is 5.59. The Balaban J connectivity index is 1.39. The maximum absolute atomic E-state index is 10.9. The van der Waals surface area contributed by atoms with Crippen molar-refractivity contribution in [2.75, 3.05) is 13.1 Å². The van der Waals surface area contributed by atoms with Crippen LogP contribution in [-0.4, -0.2) is 38.7 Å². The molecule has 182 valence electrons. The number of aliphatic hydroxyl groups excluding tert-OH is 1. The summed E-state index contributed by atoms with van der Waals surface area (Å²) < 4.78 is 9.09. The molecule has 0 radical (unpaired) electrons. The van der Waals surface area contributed by atoms with E-state index >= 15 is 0 Å². The quantitative estimate of drug-likeness (QED) is 0.237. The molecule has 1 aliphatic heterocycles. The molecule has 3 heterocycles. The zero-order chi connectivity index (χ0) is 24.4. The first-order chi connectivity index (χ1) is 16.9. The third kappa shape index (κ3) is 5.67. The van der Waals surface area contributed by atoms with E-state index < -0.39 is 4.92 Å². The summed E-state index contributed by atoms with van der Waals surface area (Å²) in [6.45, 7) is 3.65. The second-order valence-corrected chi connectivity index (χ2v) is 10.7. The summed E-state index contributed by atoms with van der Waals surface area (Å²) in [6.07, 6.45) is 3.62. The molecule has 4 aromatic rings. The van der Waals surface area contributed by atoms with E-state index in [1.807, 2.05) is 12.1 Å². The molecule has 2 aromatic carbocycles. The molecule has 0 bridgehead atoms. The summed E-state index contributed by atoms with van der Waals surface area (Å²) in [7, 11) is 0. The Bertz CT molecular complexity index is 1330. The van der Waals surface area contributed by atoms with E-state index in [-0.39, 0.29) is 11.8 Å². The van der Waals surface area contributed by atoms with Crippen molar-refractivity contribution in [3.05, 3.63) is 91.2 Å². The van der Waals surface area contributed by atoms with Crippen molar-refractivity contribution < 1.29 is 14.8 Å². The van der Waals surface area contributed by atoms with E-state index in [1.165, 1.54) is 22.6 Å². The predicted octanol–water partition coefficient (Wildman–Crippen LogP) is 5.85. The van der Waals surface area contributed by atoms with Crippen LogP contribution in [0.25, 0.3) is 10.9 Å². The Morgan fingerprint density at radius 2 is 1.86 bits per heavy atom. The molecule has 5 rings (SSSR count). The van der Waals surface area contributed by atoms with Gasteiger partial charge in [-0.05, 0) is 66.4 Å². The number of likely N-dealkylation sites (tertiary alicyclic amines) is 1. The third-order valence-electron chi connectivity index (χ3n) is 6.39. The number of nitrogens with zero attached hydrogens (tertiary/aromatic N) is 3. The molecule has 0 aliphatic carbocycles. The Kier molecular flexibility index (Phi) is 7.06. The minimum atomic E-state index is -0.405. The van der Waals surface area contributed by atoms with Crippen LogP contribution >= 0.6 is 22.9 Å². The highest BCUT2D eigenvalue weighted by Gasteiger charge is 2.19. The Hall–Kier alpha value is -2.91. The number of rotatable bonds is 8. The molecule has 7 nitrogen and oxygen atoms in total. The Labute approximate surface area is 212 Å². The van der Waals surface area contributed by atoms with Crippen molar-refractivity contribution in [1.82, 2.24) is 9.47 Å². The average molecular weight is 512 g/mol. The van der Waals surface area contributed by atoms with Gasteiger partial charge < -0.3 is 14.4 Å². The van der Waals surface area contributed by atoms with Gasteiger partial charge in [-0.1, -0.05) is 11.6 Å². The smallest absolute Gasteiger partial charge is 0.269 e. The normalized spacial score (nSPS) is 15.0. The lowest BCUT2D eigenvalue weighted by Crippen LogP contribution is -2.35. The van der Waals surface area contributed by atoms with Crippen LogP contribution in [0.3, 0.4) is 0 Å². The second-order valence-electron chi connectivity index (χ2n) is 8.89. The molecule has 35 heavy (non-hydrogen) atoms. The van der Waals surface area contributed by atoms with Crippen LogP contribution in [-0.2, 0) is 19.7 Å². The second kappa shape index (κ2) is 10.4.